The van der Waals surface area contributed by atoms with Crippen LogP contribution in [0.4, 0.5) is 10.5 Å². The first kappa shape index (κ1) is 35.1. The van der Waals surface area contributed by atoms with Gasteiger partial charge in [0.25, 0.3) is 5.91 Å². The van der Waals surface area contributed by atoms with Crippen LogP contribution in [0, 0.1) is 0 Å². The fourth-order valence-corrected chi connectivity index (χ4v) is 5.66. The van der Waals surface area contributed by atoms with Crippen molar-refractivity contribution >= 4 is 23.5 Å². The van der Waals surface area contributed by atoms with Crippen molar-refractivity contribution in [2.75, 3.05) is 51.1 Å². The minimum absolute atomic E-state index is 0.0968. The molecule has 1 aliphatic heterocycles. The second-order valence-electron chi connectivity index (χ2n) is 11.9. The second kappa shape index (κ2) is 17.8. The van der Waals surface area contributed by atoms with Crippen molar-refractivity contribution in [2.24, 2.45) is 0 Å². The van der Waals surface area contributed by atoms with Gasteiger partial charge < -0.3 is 35.8 Å². The third kappa shape index (κ3) is 10.6. The van der Waals surface area contributed by atoms with E-state index in [0.717, 1.165) is 49.2 Å². The highest BCUT2D eigenvalue weighted by atomic mass is 16.6. The van der Waals surface area contributed by atoms with E-state index in [-0.39, 0.29) is 35.8 Å². The molecule has 256 valence electrons. The van der Waals surface area contributed by atoms with Crippen LogP contribution in [0.2, 0.25) is 0 Å². The Morgan fingerprint density at radius 1 is 0.755 bits per heavy atom. The van der Waals surface area contributed by atoms with Crippen molar-refractivity contribution in [1.29, 1.82) is 0 Å². The van der Waals surface area contributed by atoms with E-state index >= 15 is 0 Å². The molecule has 1 aliphatic rings. The van der Waals surface area contributed by atoms with E-state index in [9.17, 15) is 24.6 Å². The number of nitrogens with one attached hydrogen (secondary N) is 4. The summed E-state index contributed by atoms with van der Waals surface area (Å²) in [6.45, 7) is 4.49. The Balaban J connectivity index is 0.955. The highest BCUT2D eigenvalue weighted by Crippen LogP contribution is 2.28. The monoisotopic (exact) mass is 665 g/mol. The number of phenolic OH excluding ortho intramolecular Hbond substituents is 2. The van der Waals surface area contributed by atoms with Crippen LogP contribution in [-0.2, 0) is 11.3 Å². The van der Waals surface area contributed by atoms with Gasteiger partial charge in [-0.25, -0.2) is 4.79 Å². The smallest absolute Gasteiger partial charge is 0.411 e. The van der Waals surface area contributed by atoms with Crippen molar-refractivity contribution < 1.29 is 29.3 Å². The van der Waals surface area contributed by atoms with Crippen LogP contribution in [-0.4, -0.2) is 84.8 Å². The Morgan fingerprint density at radius 2 is 1.51 bits per heavy atom. The molecule has 0 aromatic heterocycles. The Labute approximate surface area is 286 Å². The molecule has 0 unspecified atom stereocenters. The van der Waals surface area contributed by atoms with Crippen LogP contribution in [0.15, 0.2) is 97.1 Å². The summed E-state index contributed by atoms with van der Waals surface area (Å²) in [6.07, 6.45) is 0.864. The average molecular weight is 666 g/mol. The Bertz CT molecular complexity index is 1710. The summed E-state index contributed by atoms with van der Waals surface area (Å²) in [7, 11) is 0. The summed E-state index contributed by atoms with van der Waals surface area (Å²) in [5.41, 5.74) is 4.35. The number of Topliss-reactive ketones (excluding diaryl/α,β-unsaturated/α-hetero) is 1. The maximum atomic E-state index is 12.8. The van der Waals surface area contributed by atoms with Gasteiger partial charge >= 0.3 is 6.09 Å². The highest BCUT2D eigenvalue weighted by Gasteiger charge is 2.22. The van der Waals surface area contributed by atoms with E-state index < -0.39 is 6.09 Å². The average Bonchev–Trinajstić information content (AvgIpc) is 3.12. The molecule has 11 heteroatoms. The molecular weight excluding hydrogens is 622 g/mol. The lowest BCUT2D eigenvalue weighted by Crippen LogP contribution is -2.42. The van der Waals surface area contributed by atoms with Gasteiger partial charge in [0.1, 0.15) is 6.10 Å². The van der Waals surface area contributed by atoms with Gasteiger partial charge in [-0.05, 0) is 54.3 Å². The van der Waals surface area contributed by atoms with Crippen LogP contribution in [0.1, 0.15) is 39.1 Å². The molecule has 4 aromatic rings. The number of carbonyl (C=O) groups excluding carboxylic acids is 3. The molecule has 0 aliphatic carbocycles. The number of rotatable bonds is 15. The molecule has 0 radical (unpaired) electrons. The number of ether oxygens (including phenoxy) is 1. The molecule has 1 saturated heterocycles. The minimum Gasteiger partial charge on any atom is -0.504 e. The molecule has 49 heavy (non-hydrogen) atoms. The quantitative estimate of drug-likeness (QED) is 0.0599. The molecular formula is C38H43N5O6. The van der Waals surface area contributed by atoms with Crippen LogP contribution >= 0.6 is 0 Å². The van der Waals surface area contributed by atoms with Crippen LogP contribution in [0.5, 0.6) is 11.5 Å². The number of aromatic hydroxyl groups is 2. The summed E-state index contributed by atoms with van der Waals surface area (Å²) in [5, 5.41) is 31.1. The number of hydrogen-bond acceptors (Lipinski definition) is 9. The molecule has 1 fully saturated rings. The maximum absolute atomic E-state index is 12.8. The summed E-state index contributed by atoms with van der Waals surface area (Å²) in [6, 6.07) is 28.9. The van der Waals surface area contributed by atoms with Crippen LogP contribution in [0.3, 0.4) is 0 Å². The lowest BCUT2D eigenvalue weighted by atomic mass is 10.0. The minimum atomic E-state index is -0.454. The second-order valence-corrected chi connectivity index (χ2v) is 11.9. The number of phenols is 2. The van der Waals surface area contributed by atoms with E-state index in [4.69, 9.17) is 4.74 Å². The number of hydrogen-bond donors (Lipinski definition) is 6. The van der Waals surface area contributed by atoms with E-state index in [0.29, 0.717) is 43.0 Å². The Hall–Kier alpha value is -5.23. The van der Waals surface area contributed by atoms with Gasteiger partial charge in [-0.2, -0.15) is 0 Å². The van der Waals surface area contributed by atoms with Crippen LogP contribution < -0.4 is 21.3 Å². The van der Waals surface area contributed by atoms with Gasteiger partial charge in [0.15, 0.2) is 17.3 Å². The summed E-state index contributed by atoms with van der Waals surface area (Å²) in [5.74, 6) is -0.712. The number of likely N-dealkylation sites (tertiary alicyclic amines) is 1. The number of para-hydroxylation sites is 1. The van der Waals surface area contributed by atoms with Crippen LogP contribution in [0.25, 0.3) is 11.1 Å². The predicted octanol–water partition coefficient (Wildman–Crippen LogP) is 4.77. The van der Waals surface area contributed by atoms with Gasteiger partial charge in [-0.15, -0.1) is 0 Å². The van der Waals surface area contributed by atoms with Gasteiger partial charge in [0.05, 0.1) is 12.2 Å². The lowest BCUT2D eigenvalue weighted by molar-refractivity contribution is 0.0593. The zero-order valence-electron chi connectivity index (χ0n) is 27.4. The van der Waals surface area contributed by atoms with Gasteiger partial charge in [-0.1, -0.05) is 66.7 Å². The zero-order valence-corrected chi connectivity index (χ0v) is 27.4. The number of ketones is 1. The fraction of sp³-hybridized carbons (Fsp3) is 0.289. The third-order valence-electron chi connectivity index (χ3n) is 8.35. The van der Waals surface area contributed by atoms with E-state index in [2.05, 4.69) is 26.2 Å². The third-order valence-corrected chi connectivity index (χ3v) is 8.35. The number of carbonyl (C=O) groups is 3. The number of anilines is 1. The molecule has 2 amide bonds. The molecule has 6 N–H and O–H groups in total. The normalized spacial score (nSPS) is 13.5. The van der Waals surface area contributed by atoms with Crippen molar-refractivity contribution in [3.63, 3.8) is 0 Å². The first-order valence-corrected chi connectivity index (χ1v) is 16.5. The number of benzene rings is 4. The molecule has 0 bridgehead atoms. The lowest BCUT2D eigenvalue weighted by Gasteiger charge is -2.31. The van der Waals surface area contributed by atoms with Crippen molar-refractivity contribution in [2.45, 2.75) is 25.5 Å². The largest absolute Gasteiger partial charge is 0.504 e. The summed E-state index contributed by atoms with van der Waals surface area (Å²) in [4.78, 5) is 40.4. The Kier molecular flexibility index (Phi) is 12.7. The van der Waals surface area contributed by atoms with Crippen molar-refractivity contribution in [1.82, 2.24) is 20.9 Å². The summed E-state index contributed by atoms with van der Waals surface area (Å²) >= 11 is 0. The maximum Gasteiger partial charge on any atom is 0.411 e. The van der Waals surface area contributed by atoms with Gasteiger partial charge in [-0.3, -0.25) is 14.9 Å². The van der Waals surface area contributed by atoms with Gasteiger partial charge in [0, 0.05) is 62.5 Å². The van der Waals surface area contributed by atoms with Gasteiger partial charge in [0.2, 0.25) is 0 Å². The standard InChI is InChI=1S/C38H43N5O6/c44-34-14-13-27(23-35(34)45)25-39-17-18-41-37(47)30-10-6-9-29(24-30)36(46)26-40-19-22-43-20-15-31(16-21-43)49-38(48)42-33-12-5-4-11-32(33)28-7-2-1-3-8-28/h1-14,23-24,31,39-40,44-45H,15-22,25-26H2,(H,41,47)(H,42,48). The molecule has 0 atom stereocenters. The SMILES string of the molecule is O=C(Nc1ccccc1-c1ccccc1)OC1CCN(CCNCC(=O)c2cccc(C(=O)NCCNCc3ccc(O)c(O)c3)c2)CC1. The molecule has 0 saturated carbocycles. The fourth-order valence-electron chi connectivity index (χ4n) is 5.66. The first-order valence-electron chi connectivity index (χ1n) is 16.5. The predicted molar refractivity (Wildman–Crippen MR) is 189 cm³/mol. The molecule has 5 rings (SSSR count). The number of nitrogens with zero attached hydrogens (tertiary/aromatic N) is 1. The first-order chi connectivity index (χ1) is 23.9. The zero-order chi connectivity index (χ0) is 34.4. The van der Waals surface area contributed by atoms with E-state index in [1.807, 2.05) is 54.6 Å². The van der Waals surface area contributed by atoms with E-state index in [1.165, 1.54) is 12.1 Å². The molecule has 1 heterocycles. The topological polar surface area (TPSA) is 152 Å². The molecule has 11 nitrogen and oxygen atoms in total. The molecule has 4 aromatic carbocycles. The number of amides is 2. The number of piperidine rings is 1. The Morgan fingerprint density at radius 3 is 2.31 bits per heavy atom. The van der Waals surface area contributed by atoms with Crippen molar-refractivity contribution in [3.8, 4) is 22.6 Å². The summed E-state index contributed by atoms with van der Waals surface area (Å²) < 4.78 is 5.74. The van der Waals surface area contributed by atoms with E-state index in [1.54, 1.807) is 30.3 Å². The highest BCUT2D eigenvalue weighted by molar-refractivity contribution is 6.01. The molecule has 0 spiro atoms. The van der Waals surface area contributed by atoms with Crippen molar-refractivity contribution in [3.05, 3.63) is 114 Å².